The van der Waals surface area contributed by atoms with E-state index >= 15 is 0 Å². The second-order valence-corrected chi connectivity index (χ2v) is 10.3. The lowest BCUT2D eigenvalue weighted by Crippen LogP contribution is -2.65. The molecule has 0 radical (unpaired) electrons. The summed E-state index contributed by atoms with van der Waals surface area (Å²) in [7, 11) is 0. The smallest absolute Gasteiger partial charge is 0.327 e. The molecule has 9 heteroatoms. The van der Waals surface area contributed by atoms with Crippen molar-refractivity contribution in [2.45, 2.75) is 61.0 Å². The fourth-order valence-corrected chi connectivity index (χ4v) is 7.09. The molecule has 3 saturated heterocycles. The lowest BCUT2D eigenvalue weighted by atomic mass is 9.79. The predicted molar refractivity (Wildman–Crippen MR) is 116 cm³/mol. The highest BCUT2D eigenvalue weighted by Gasteiger charge is 2.64. The van der Waals surface area contributed by atoms with Gasteiger partial charge in [-0.25, -0.2) is 4.79 Å². The Labute approximate surface area is 185 Å². The van der Waals surface area contributed by atoms with Crippen molar-refractivity contribution in [2.75, 3.05) is 6.54 Å². The zero-order valence-corrected chi connectivity index (χ0v) is 18.3. The number of thioether (sulfide) groups is 1. The Morgan fingerprint density at radius 1 is 1.39 bits per heavy atom. The van der Waals surface area contributed by atoms with Gasteiger partial charge in [0.05, 0.1) is 24.1 Å². The minimum absolute atomic E-state index is 0.00537. The first-order chi connectivity index (χ1) is 14.7. The minimum Gasteiger partial charge on any atom is -0.480 e. The number of rotatable bonds is 6. The molecule has 3 heterocycles. The Hall–Kier alpha value is -2.12. The van der Waals surface area contributed by atoms with Crippen LogP contribution < -0.4 is 11.1 Å². The lowest BCUT2D eigenvalue weighted by molar-refractivity contribution is -0.170. The van der Waals surface area contributed by atoms with Gasteiger partial charge in [0.1, 0.15) is 12.1 Å². The van der Waals surface area contributed by atoms with Crippen molar-refractivity contribution in [1.29, 1.82) is 5.26 Å². The summed E-state index contributed by atoms with van der Waals surface area (Å²) in [6.45, 7) is 4.35. The van der Waals surface area contributed by atoms with E-state index in [2.05, 4.69) is 5.32 Å². The number of β-lactam (4-membered cyclic amide) rings is 1. The number of carboxylic acids is 1. The summed E-state index contributed by atoms with van der Waals surface area (Å²) < 4.78 is 0. The summed E-state index contributed by atoms with van der Waals surface area (Å²) in [6.07, 6.45) is 0.0755. The fraction of sp³-hybridized carbons (Fsp3) is 0.591. The summed E-state index contributed by atoms with van der Waals surface area (Å²) >= 11 is 1.65. The number of aliphatic hydroxyl groups is 1. The predicted octanol–water partition coefficient (Wildman–Crippen LogP) is 1.03. The number of hydrogen-bond donors (Lipinski definition) is 4. The summed E-state index contributed by atoms with van der Waals surface area (Å²) in [5.74, 6) is -1.74. The van der Waals surface area contributed by atoms with Crippen LogP contribution in [-0.4, -0.2) is 62.2 Å². The Bertz CT molecular complexity index is 902. The molecule has 0 bridgehead atoms. The van der Waals surface area contributed by atoms with Gasteiger partial charge in [-0.15, -0.1) is 0 Å². The standard InChI is InChI=1S/C22H28N4O4S/c1-10-18-17(11(2)27)21(28)26(18)19(22(29)30)20(10)31-14-7-16(25-9-14)13-5-3-12(4-6-13)15(24)8-23/h3-6,10-11,14-20,25,27H,7,9,24H2,1-2H3,(H,29,30)/t10-,11-,14+,15?,16-,17-,18-,19?,20?/m1/s1. The molecule has 1 aromatic carbocycles. The van der Waals surface area contributed by atoms with Crippen molar-refractivity contribution in [3.05, 3.63) is 35.4 Å². The van der Waals surface area contributed by atoms with Crippen LogP contribution in [0.4, 0.5) is 0 Å². The number of benzene rings is 1. The van der Waals surface area contributed by atoms with Gasteiger partial charge in [-0.2, -0.15) is 17.0 Å². The monoisotopic (exact) mass is 444 g/mol. The van der Waals surface area contributed by atoms with Crippen LogP contribution in [0.3, 0.4) is 0 Å². The van der Waals surface area contributed by atoms with Crippen LogP contribution in [0.2, 0.25) is 0 Å². The van der Waals surface area contributed by atoms with Gasteiger partial charge in [-0.1, -0.05) is 31.2 Å². The Balaban J connectivity index is 1.44. The van der Waals surface area contributed by atoms with E-state index in [0.717, 1.165) is 24.1 Å². The van der Waals surface area contributed by atoms with Crippen LogP contribution in [0.25, 0.3) is 0 Å². The molecule has 31 heavy (non-hydrogen) atoms. The van der Waals surface area contributed by atoms with Gasteiger partial charge in [0.25, 0.3) is 0 Å². The quantitative estimate of drug-likeness (QED) is 0.477. The molecule has 0 aliphatic carbocycles. The largest absolute Gasteiger partial charge is 0.480 e. The maximum absolute atomic E-state index is 12.5. The van der Waals surface area contributed by atoms with Gasteiger partial charge >= 0.3 is 5.97 Å². The molecule has 3 aliphatic heterocycles. The average molecular weight is 445 g/mol. The average Bonchev–Trinajstić information content (AvgIpc) is 3.29. The third-order valence-corrected chi connectivity index (χ3v) is 8.69. The molecule has 3 aliphatic rings. The molecule has 4 rings (SSSR count). The molecule has 3 fully saturated rings. The zero-order valence-electron chi connectivity index (χ0n) is 17.5. The molecular weight excluding hydrogens is 416 g/mol. The van der Waals surface area contributed by atoms with Crippen molar-refractivity contribution in [3.8, 4) is 6.07 Å². The Morgan fingerprint density at radius 3 is 2.65 bits per heavy atom. The molecule has 0 aromatic heterocycles. The van der Waals surface area contributed by atoms with Gasteiger partial charge in [-0.05, 0) is 30.4 Å². The molecule has 3 unspecified atom stereocenters. The molecule has 166 valence electrons. The van der Waals surface area contributed by atoms with E-state index in [-0.39, 0.29) is 34.4 Å². The number of hydrogen-bond acceptors (Lipinski definition) is 7. The first kappa shape index (κ1) is 22.1. The highest BCUT2D eigenvalue weighted by atomic mass is 32.2. The van der Waals surface area contributed by atoms with E-state index in [1.165, 1.54) is 4.90 Å². The first-order valence-corrected chi connectivity index (χ1v) is 11.6. The summed E-state index contributed by atoms with van der Waals surface area (Å²) in [5, 5.41) is 32.3. The number of aliphatic carboxylic acids is 1. The van der Waals surface area contributed by atoms with Crippen LogP contribution in [0.1, 0.15) is 43.5 Å². The number of carboxylic acid groups (broad SMARTS) is 1. The number of nitriles is 1. The van der Waals surface area contributed by atoms with Gasteiger partial charge in [0, 0.05) is 23.1 Å². The number of nitrogens with two attached hydrogens (primary N) is 1. The molecule has 1 amide bonds. The third kappa shape index (κ3) is 3.72. The molecule has 8 nitrogen and oxygen atoms in total. The van der Waals surface area contributed by atoms with E-state index in [1.807, 2.05) is 37.3 Å². The molecule has 0 spiro atoms. The van der Waals surface area contributed by atoms with Gasteiger partial charge < -0.3 is 26.2 Å². The number of nitrogens with one attached hydrogen (secondary N) is 1. The summed E-state index contributed by atoms with van der Waals surface area (Å²) in [6, 6.07) is 8.18. The summed E-state index contributed by atoms with van der Waals surface area (Å²) in [4.78, 5) is 26.0. The van der Waals surface area contributed by atoms with Gasteiger partial charge in [0.2, 0.25) is 5.91 Å². The van der Waals surface area contributed by atoms with E-state index in [4.69, 9.17) is 11.0 Å². The van der Waals surface area contributed by atoms with Crippen LogP contribution in [-0.2, 0) is 9.59 Å². The number of aliphatic hydroxyl groups excluding tert-OH is 1. The minimum atomic E-state index is -0.976. The van der Waals surface area contributed by atoms with Crippen molar-refractivity contribution in [1.82, 2.24) is 10.2 Å². The molecule has 0 saturated carbocycles. The van der Waals surface area contributed by atoms with Crippen LogP contribution in [0, 0.1) is 23.2 Å². The van der Waals surface area contributed by atoms with E-state index in [0.29, 0.717) is 0 Å². The van der Waals surface area contributed by atoms with E-state index < -0.39 is 30.1 Å². The first-order valence-electron chi connectivity index (χ1n) is 10.6. The van der Waals surface area contributed by atoms with E-state index in [9.17, 15) is 19.8 Å². The normalized spacial score (nSPS) is 36.4. The highest BCUT2D eigenvalue weighted by molar-refractivity contribution is 8.00. The number of fused-ring (bicyclic) bond motifs is 1. The summed E-state index contributed by atoms with van der Waals surface area (Å²) in [5.41, 5.74) is 7.65. The van der Waals surface area contributed by atoms with Crippen molar-refractivity contribution >= 4 is 23.6 Å². The SMILES string of the molecule is C[C@@H](O)[C@H]1C(=O)N2C(C(=O)O)C(S[C@@H]3CN[C@@H](c4ccc(C(N)C#N)cc4)C3)[C@H](C)[C@H]12. The third-order valence-electron chi connectivity index (χ3n) is 6.95. The van der Waals surface area contributed by atoms with Crippen molar-refractivity contribution < 1.29 is 19.8 Å². The van der Waals surface area contributed by atoms with Crippen LogP contribution in [0.15, 0.2) is 24.3 Å². The fourth-order valence-electron chi connectivity index (χ4n) is 5.34. The maximum Gasteiger partial charge on any atom is 0.327 e. The topological polar surface area (TPSA) is 140 Å². The van der Waals surface area contributed by atoms with Gasteiger partial charge in [0.15, 0.2) is 0 Å². The lowest BCUT2D eigenvalue weighted by Gasteiger charge is -2.47. The Kier molecular flexibility index (Phi) is 6.01. The van der Waals surface area contributed by atoms with Crippen molar-refractivity contribution in [3.63, 3.8) is 0 Å². The highest BCUT2D eigenvalue weighted by Crippen LogP contribution is 2.50. The van der Waals surface area contributed by atoms with Crippen LogP contribution >= 0.6 is 11.8 Å². The van der Waals surface area contributed by atoms with Crippen molar-refractivity contribution in [2.24, 2.45) is 17.6 Å². The second-order valence-electron chi connectivity index (χ2n) is 8.84. The van der Waals surface area contributed by atoms with Gasteiger partial charge in [-0.3, -0.25) is 4.79 Å². The maximum atomic E-state index is 12.5. The zero-order chi connectivity index (χ0) is 22.4. The number of carbonyl (C=O) groups is 2. The molecule has 5 N–H and O–H groups in total. The van der Waals surface area contributed by atoms with E-state index in [1.54, 1.807) is 18.7 Å². The second kappa shape index (κ2) is 8.43. The number of carbonyl (C=O) groups excluding carboxylic acids is 1. The molecule has 1 aromatic rings. The van der Waals surface area contributed by atoms with Crippen LogP contribution in [0.5, 0.6) is 0 Å². The molecular formula is C22H28N4O4S. The number of amides is 1. The Morgan fingerprint density at radius 2 is 2.06 bits per heavy atom. The number of nitrogens with zero attached hydrogens (tertiary/aromatic N) is 2. The molecule has 9 atom stereocenters.